The van der Waals surface area contributed by atoms with Gasteiger partial charge in [0, 0.05) is 50.2 Å². The number of piperazine rings is 1. The molecule has 0 spiro atoms. The Morgan fingerprint density at radius 2 is 1.55 bits per heavy atom. The van der Waals surface area contributed by atoms with Crippen molar-refractivity contribution >= 4 is 11.8 Å². The Hall–Kier alpha value is -2.43. The van der Waals surface area contributed by atoms with Crippen LogP contribution in [0.25, 0.3) is 0 Å². The van der Waals surface area contributed by atoms with Crippen LogP contribution in [0.15, 0.2) is 24.3 Å². The quantitative estimate of drug-likeness (QED) is 0.582. The minimum atomic E-state index is -0.274. The van der Waals surface area contributed by atoms with Crippen molar-refractivity contribution in [3.05, 3.63) is 35.4 Å². The summed E-state index contributed by atoms with van der Waals surface area (Å²) < 4.78 is 5.35. The molecule has 5 aliphatic rings. The first kappa shape index (κ1) is 27.7. The van der Waals surface area contributed by atoms with Crippen LogP contribution in [0.5, 0.6) is 0 Å². The van der Waals surface area contributed by atoms with Gasteiger partial charge in [0.1, 0.15) is 6.10 Å². The molecule has 7 heteroatoms. The SMILES string of the molecule is N#CC1CNC2(C3CCCCCCCC3)CCC(c3ccc(C(=O)N4CCN(C(=O)C5CCO5)CC4)cc3)CC12. The first-order valence-electron chi connectivity index (χ1n) is 16.0. The standard InChI is InChI=1S/C33H46N4O3/c34-22-27-23-35-33(28-7-5-3-1-2-4-6-8-28)15-13-26(21-29(27)33)24-9-11-25(12-10-24)31(38)36-16-18-37(19-17-36)32(39)30-14-20-40-30/h9-12,26-30,35H,1-8,13-21,23H2. The second-order valence-electron chi connectivity index (χ2n) is 13.0. The van der Waals surface area contributed by atoms with Crippen molar-refractivity contribution in [2.75, 3.05) is 39.3 Å². The van der Waals surface area contributed by atoms with Gasteiger partial charge in [0.05, 0.1) is 18.6 Å². The Balaban J connectivity index is 1.09. The largest absolute Gasteiger partial charge is 0.368 e. The summed E-state index contributed by atoms with van der Waals surface area (Å²) in [5.74, 6) is 1.75. The highest BCUT2D eigenvalue weighted by atomic mass is 16.5. The van der Waals surface area contributed by atoms with E-state index in [-0.39, 0.29) is 29.4 Å². The number of hydrogen-bond acceptors (Lipinski definition) is 5. The summed E-state index contributed by atoms with van der Waals surface area (Å²) in [5, 5.41) is 14.0. The molecule has 5 unspecified atom stereocenters. The van der Waals surface area contributed by atoms with Gasteiger partial charge in [-0.15, -0.1) is 0 Å². The average Bonchev–Trinajstić information content (AvgIpc) is 3.40. The van der Waals surface area contributed by atoms with E-state index in [1.165, 1.54) is 56.9 Å². The normalized spacial score (nSPS) is 33.6. The number of benzene rings is 1. The van der Waals surface area contributed by atoms with Gasteiger partial charge in [0.25, 0.3) is 11.8 Å². The summed E-state index contributed by atoms with van der Waals surface area (Å²) in [6, 6.07) is 11.0. The molecule has 6 rings (SSSR count). The Bertz CT molecular complexity index is 1080. The maximum atomic E-state index is 13.2. The molecule has 7 nitrogen and oxygen atoms in total. The van der Waals surface area contributed by atoms with Gasteiger partial charge in [-0.05, 0) is 67.6 Å². The summed E-state index contributed by atoms with van der Waals surface area (Å²) in [6.45, 7) is 3.78. The molecule has 1 N–H and O–H groups in total. The van der Waals surface area contributed by atoms with Crippen LogP contribution < -0.4 is 5.32 Å². The number of fused-ring (bicyclic) bond motifs is 1. The Labute approximate surface area is 239 Å². The molecule has 0 radical (unpaired) electrons. The van der Waals surface area contributed by atoms with Gasteiger partial charge in [-0.2, -0.15) is 5.26 Å². The predicted molar refractivity (Wildman–Crippen MR) is 154 cm³/mol. The number of ether oxygens (including phenoxy) is 1. The smallest absolute Gasteiger partial charge is 0.253 e. The molecule has 2 amide bonds. The summed E-state index contributed by atoms with van der Waals surface area (Å²) in [7, 11) is 0. The zero-order valence-electron chi connectivity index (χ0n) is 24.0. The Kier molecular flexibility index (Phi) is 8.46. The fraction of sp³-hybridized carbons (Fsp3) is 0.727. The number of carbonyl (C=O) groups is 2. The number of carbonyl (C=O) groups excluding carboxylic acids is 2. The van der Waals surface area contributed by atoms with E-state index in [4.69, 9.17) is 4.74 Å². The maximum absolute atomic E-state index is 13.2. The van der Waals surface area contributed by atoms with Crippen LogP contribution in [0.3, 0.4) is 0 Å². The molecule has 3 aliphatic heterocycles. The van der Waals surface area contributed by atoms with Crippen LogP contribution in [0.1, 0.15) is 98.9 Å². The van der Waals surface area contributed by atoms with Crippen molar-refractivity contribution in [1.29, 1.82) is 5.26 Å². The monoisotopic (exact) mass is 546 g/mol. The second-order valence-corrected chi connectivity index (χ2v) is 13.0. The summed E-state index contributed by atoms with van der Waals surface area (Å²) in [5.41, 5.74) is 2.16. The number of hydrogen-bond donors (Lipinski definition) is 1. The van der Waals surface area contributed by atoms with Gasteiger partial charge < -0.3 is 19.9 Å². The fourth-order valence-corrected chi connectivity index (χ4v) is 8.50. The first-order valence-corrected chi connectivity index (χ1v) is 16.0. The average molecular weight is 547 g/mol. The highest BCUT2D eigenvalue weighted by Crippen LogP contribution is 2.53. The third-order valence-corrected chi connectivity index (χ3v) is 11.0. The lowest BCUT2D eigenvalue weighted by Gasteiger charge is -2.48. The third-order valence-electron chi connectivity index (χ3n) is 11.0. The first-order chi connectivity index (χ1) is 19.6. The second kappa shape index (κ2) is 12.2. The molecule has 3 heterocycles. The molecular formula is C33H46N4O3. The van der Waals surface area contributed by atoms with Crippen molar-refractivity contribution in [1.82, 2.24) is 15.1 Å². The van der Waals surface area contributed by atoms with Crippen molar-refractivity contribution in [2.45, 2.75) is 94.6 Å². The number of nitrogens with zero attached hydrogens (tertiary/aromatic N) is 3. The molecule has 2 aliphatic carbocycles. The number of rotatable bonds is 4. The molecule has 0 aromatic heterocycles. The van der Waals surface area contributed by atoms with Gasteiger partial charge in [-0.25, -0.2) is 0 Å². The fourth-order valence-electron chi connectivity index (χ4n) is 8.50. The molecule has 0 bridgehead atoms. The molecule has 40 heavy (non-hydrogen) atoms. The van der Waals surface area contributed by atoms with Crippen LogP contribution in [0.4, 0.5) is 0 Å². The minimum absolute atomic E-state index is 0.0472. The Morgan fingerprint density at radius 3 is 2.17 bits per heavy atom. The third kappa shape index (κ3) is 5.42. The van der Waals surface area contributed by atoms with E-state index in [9.17, 15) is 14.9 Å². The van der Waals surface area contributed by atoms with Crippen LogP contribution in [0, 0.1) is 29.1 Å². The summed E-state index contributed by atoms with van der Waals surface area (Å²) >= 11 is 0. The van der Waals surface area contributed by atoms with Gasteiger partial charge >= 0.3 is 0 Å². The topological polar surface area (TPSA) is 85.7 Å². The van der Waals surface area contributed by atoms with Crippen LogP contribution in [0.2, 0.25) is 0 Å². The van der Waals surface area contributed by atoms with Crippen molar-refractivity contribution in [2.24, 2.45) is 17.8 Å². The molecule has 216 valence electrons. The minimum Gasteiger partial charge on any atom is -0.368 e. The molecule has 2 saturated carbocycles. The van der Waals surface area contributed by atoms with Gasteiger partial charge in [0.2, 0.25) is 0 Å². The predicted octanol–water partition coefficient (Wildman–Crippen LogP) is 4.88. The summed E-state index contributed by atoms with van der Waals surface area (Å²) in [4.78, 5) is 29.4. The molecule has 1 aromatic rings. The maximum Gasteiger partial charge on any atom is 0.253 e. The highest BCUT2D eigenvalue weighted by Gasteiger charge is 2.54. The van der Waals surface area contributed by atoms with Gasteiger partial charge in [-0.1, -0.05) is 50.7 Å². The molecular weight excluding hydrogens is 500 g/mol. The molecule has 1 aromatic carbocycles. The van der Waals surface area contributed by atoms with E-state index >= 15 is 0 Å². The van der Waals surface area contributed by atoms with Crippen LogP contribution >= 0.6 is 0 Å². The molecule has 5 fully saturated rings. The van der Waals surface area contributed by atoms with Gasteiger partial charge in [0.15, 0.2) is 0 Å². The highest BCUT2D eigenvalue weighted by molar-refractivity contribution is 5.94. The zero-order valence-corrected chi connectivity index (χ0v) is 24.0. The van der Waals surface area contributed by atoms with E-state index in [2.05, 4.69) is 23.5 Å². The van der Waals surface area contributed by atoms with E-state index < -0.39 is 0 Å². The van der Waals surface area contributed by atoms with Crippen molar-refractivity contribution < 1.29 is 14.3 Å². The van der Waals surface area contributed by atoms with Crippen LogP contribution in [-0.4, -0.2) is 72.6 Å². The van der Waals surface area contributed by atoms with E-state index in [1.54, 1.807) is 0 Å². The van der Waals surface area contributed by atoms with Crippen LogP contribution in [-0.2, 0) is 9.53 Å². The van der Waals surface area contributed by atoms with E-state index in [1.807, 2.05) is 21.9 Å². The van der Waals surface area contributed by atoms with E-state index in [0.29, 0.717) is 50.5 Å². The molecule has 3 saturated heterocycles. The van der Waals surface area contributed by atoms with Crippen molar-refractivity contribution in [3.8, 4) is 6.07 Å². The molecule has 5 atom stereocenters. The lowest BCUT2D eigenvalue weighted by atomic mass is 9.59. The summed E-state index contributed by atoms with van der Waals surface area (Å²) in [6.07, 6.45) is 14.6. The lowest BCUT2D eigenvalue weighted by Crippen LogP contribution is -2.54. The van der Waals surface area contributed by atoms with Crippen molar-refractivity contribution in [3.63, 3.8) is 0 Å². The Morgan fingerprint density at radius 1 is 0.900 bits per heavy atom. The number of amides is 2. The van der Waals surface area contributed by atoms with E-state index in [0.717, 1.165) is 37.8 Å². The zero-order chi connectivity index (χ0) is 27.5. The number of nitrogens with one attached hydrogen (secondary N) is 1. The number of nitriles is 1. The van der Waals surface area contributed by atoms with Gasteiger partial charge in [-0.3, -0.25) is 9.59 Å². The lowest BCUT2D eigenvalue weighted by molar-refractivity contribution is -0.157.